The Hall–Kier alpha value is -1.40. The van der Waals surface area contributed by atoms with E-state index in [1.165, 1.54) is 16.8 Å². The standard InChI is InChI=1S/C12H12BrFN2O2/c1-7-9(6-17)12(16(2)15-7)18-11-4-3-8(13)5-10(11)14/h3-5,17H,6H2,1-2H3. The Bertz CT molecular complexity index is 584. The molecular formula is C12H12BrFN2O2. The molecule has 0 bridgehead atoms. The molecule has 0 unspecified atom stereocenters. The van der Waals surface area contributed by atoms with Crippen LogP contribution in [0.25, 0.3) is 0 Å². The summed E-state index contributed by atoms with van der Waals surface area (Å²) in [5, 5.41) is 13.4. The maximum absolute atomic E-state index is 13.7. The molecule has 6 heteroatoms. The number of ether oxygens (including phenoxy) is 1. The van der Waals surface area contributed by atoms with Crippen molar-refractivity contribution in [1.29, 1.82) is 0 Å². The van der Waals surface area contributed by atoms with E-state index in [0.29, 0.717) is 21.6 Å². The van der Waals surface area contributed by atoms with Gasteiger partial charge in [-0.3, -0.25) is 0 Å². The quantitative estimate of drug-likeness (QED) is 0.947. The van der Waals surface area contributed by atoms with Crippen molar-refractivity contribution in [3.05, 3.63) is 39.7 Å². The number of benzene rings is 1. The number of hydrogen-bond acceptors (Lipinski definition) is 3. The summed E-state index contributed by atoms with van der Waals surface area (Å²) in [6, 6.07) is 4.51. The second-order valence-corrected chi connectivity index (χ2v) is 4.74. The highest BCUT2D eigenvalue weighted by atomic mass is 79.9. The van der Waals surface area contributed by atoms with E-state index >= 15 is 0 Å². The zero-order valence-corrected chi connectivity index (χ0v) is 11.5. The lowest BCUT2D eigenvalue weighted by Gasteiger charge is -2.08. The molecule has 1 aromatic carbocycles. The third kappa shape index (κ3) is 2.39. The van der Waals surface area contributed by atoms with Crippen LogP contribution in [0.5, 0.6) is 11.6 Å². The highest BCUT2D eigenvalue weighted by molar-refractivity contribution is 9.10. The summed E-state index contributed by atoms with van der Waals surface area (Å²) in [5.74, 6) is -0.0424. The lowest BCUT2D eigenvalue weighted by Crippen LogP contribution is -1.98. The van der Waals surface area contributed by atoms with Gasteiger partial charge in [-0.2, -0.15) is 5.10 Å². The minimum atomic E-state index is -0.480. The molecule has 4 nitrogen and oxygen atoms in total. The van der Waals surface area contributed by atoms with Gasteiger partial charge in [-0.25, -0.2) is 9.07 Å². The van der Waals surface area contributed by atoms with Gasteiger partial charge in [-0.15, -0.1) is 0 Å². The van der Waals surface area contributed by atoms with Crippen molar-refractivity contribution in [2.24, 2.45) is 7.05 Å². The molecule has 0 aliphatic rings. The van der Waals surface area contributed by atoms with Crippen LogP contribution in [0.15, 0.2) is 22.7 Å². The largest absolute Gasteiger partial charge is 0.436 e. The molecular weight excluding hydrogens is 303 g/mol. The molecule has 0 spiro atoms. The van der Waals surface area contributed by atoms with Crippen molar-refractivity contribution >= 4 is 15.9 Å². The Kier molecular flexibility index (Phi) is 3.68. The van der Waals surface area contributed by atoms with Crippen molar-refractivity contribution < 1.29 is 14.2 Å². The summed E-state index contributed by atoms with van der Waals surface area (Å²) in [4.78, 5) is 0. The molecule has 2 aromatic rings. The van der Waals surface area contributed by atoms with E-state index in [4.69, 9.17) is 4.74 Å². The van der Waals surface area contributed by atoms with Gasteiger partial charge in [0.25, 0.3) is 0 Å². The van der Waals surface area contributed by atoms with E-state index < -0.39 is 5.82 Å². The molecule has 0 atom stereocenters. The number of rotatable bonds is 3. The Balaban J connectivity index is 2.39. The van der Waals surface area contributed by atoms with E-state index in [1.54, 1.807) is 20.0 Å². The highest BCUT2D eigenvalue weighted by Crippen LogP contribution is 2.30. The second-order valence-electron chi connectivity index (χ2n) is 3.83. The first-order chi connectivity index (χ1) is 8.52. The smallest absolute Gasteiger partial charge is 0.223 e. The van der Waals surface area contributed by atoms with Crippen LogP contribution in [0.4, 0.5) is 4.39 Å². The van der Waals surface area contributed by atoms with Crippen LogP contribution in [0.3, 0.4) is 0 Å². The molecule has 0 aliphatic heterocycles. The summed E-state index contributed by atoms with van der Waals surface area (Å²) in [5.41, 5.74) is 1.22. The number of aryl methyl sites for hydroxylation is 2. The van der Waals surface area contributed by atoms with Crippen LogP contribution in [0, 0.1) is 12.7 Å². The highest BCUT2D eigenvalue weighted by Gasteiger charge is 2.16. The third-order valence-electron chi connectivity index (χ3n) is 2.55. The van der Waals surface area contributed by atoms with Gasteiger partial charge < -0.3 is 9.84 Å². The maximum atomic E-state index is 13.7. The molecule has 0 saturated heterocycles. The summed E-state index contributed by atoms with van der Waals surface area (Å²) in [6.45, 7) is 1.56. The first kappa shape index (κ1) is 13.0. The average Bonchev–Trinajstić information content (AvgIpc) is 2.57. The monoisotopic (exact) mass is 314 g/mol. The molecule has 1 N–H and O–H groups in total. The maximum Gasteiger partial charge on any atom is 0.223 e. The Morgan fingerprint density at radius 2 is 2.22 bits per heavy atom. The van der Waals surface area contributed by atoms with Gasteiger partial charge in [0, 0.05) is 11.5 Å². The molecule has 96 valence electrons. The number of halogens is 2. The van der Waals surface area contributed by atoms with Crippen LogP contribution < -0.4 is 4.74 Å². The van der Waals surface area contributed by atoms with Crippen molar-refractivity contribution in [2.45, 2.75) is 13.5 Å². The van der Waals surface area contributed by atoms with Gasteiger partial charge in [-0.1, -0.05) is 15.9 Å². The molecule has 0 amide bonds. The van der Waals surface area contributed by atoms with Gasteiger partial charge in [0.2, 0.25) is 5.88 Å². The van der Waals surface area contributed by atoms with E-state index in [0.717, 1.165) is 0 Å². The van der Waals surface area contributed by atoms with Crippen LogP contribution in [0.2, 0.25) is 0 Å². The topological polar surface area (TPSA) is 47.3 Å². The second kappa shape index (κ2) is 5.07. The van der Waals surface area contributed by atoms with Crippen LogP contribution in [0.1, 0.15) is 11.3 Å². The van der Waals surface area contributed by atoms with E-state index in [-0.39, 0.29) is 12.4 Å². The fraction of sp³-hybridized carbons (Fsp3) is 0.250. The molecule has 0 fully saturated rings. The van der Waals surface area contributed by atoms with E-state index in [9.17, 15) is 9.50 Å². The molecule has 0 radical (unpaired) electrons. The number of aliphatic hydroxyl groups is 1. The third-order valence-corrected chi connectivity index (χ3v) is 3.04. The summed E-state index contributed by atoms with van der Waals surface area (Å²) in [6.07, 6.45) is 0. The van der Waals surface area contributed by atoms with Crippen molar-refractivity contribution in [3.63, 3.8) is 0 Å². The Labute approximate surface area is 112 Å². The normalized spacial score (nSPS) is 10.7. The molecule has 18 heavy (non-hydrogen) atoms. The van der Waals surface area contributed by atoms with Crippen molar-refractivity contribution in [1.82, 2.24) is 9.78 Å². The number of aromatic nitrogens is 2. The molecule has 2 rings (SSSR count). The lowest BCUT2D eigenvalue weighted by atomic mass is 10.2. The predicted molar refractivity (Wildman–Crippen MR) is 68.0 cm³/mol. The Morgan fingerprint density at radius 3 is 2.83 bits per heavy atom. The lowest BCUT2D eigenvalue weighted by molar-refractivity contribution is 0.273. The average molecular weight is 315 g/mol. The fourth-order valence-electron chi connectivity index (χ4n) is 1.65. The first-order valence-corrected chi connectivity index (χ1v) is 6.08. The van der Waals surface area contributed by atoms with Crippen LogP contribution in [-0.4, -0.2) is 14.9 Å². The summed E-state index contributed by atoms with van der Waals surface area (Å²) < 4.78 is 21.3. The number of hydrogen-bond donors (Lipinski definition) is 1. The minimum Gasteiger partial charge on any atom is -0.436 e. The van der Waals surface area contributed by atoms with Gasteiger partial charge in [0.15, 0.2) is 11.6 Å². The van der Waals surface area contributed by atoms with Gasteiger partial charge >= 0.3 is 0 Å². The molecule has 1 heterocycles. The van der Waals surface area contributed by atoms with Crippen molar-refractivity contribution in [2.75, 3.05) is 0 Å². The molecule has 0 saturated carbocycles. The summed E-state index contributed by atoms with van der Waals surface area (Å²) >= 11 is 3.18. The van der Waals surface area contributed by atoms with Crippen LogP contribution in [-0.2, 0) is 13.7 Å². The van der Waals surface area contributed by atoms with Crippen molar-refractivity contribution in [3.8, 4) is 11.6 Å². The van der Waals surface area contributed by atoms with Gasteiger partial charge in [0.1, 0.15) is 0 Å². The summed E-state index contributed by atoms with van der Waals surface area (Å²) in [7, 11) is 1.68. The zero-order chi connectivity index (χ0) is 13.3. The fourth-order valence-corrected chi connectivity index (χ4v) is 1.99. The first-order valence-electron chi connectivity index (χ1n) is 5.29. The Morgan fingerprint density at radius 1 is 1.50 bits per heavy atom. The van der Waals surface area contributed by atoms with Crippen LogP contribution >= 0.6 is 15.9 Å². The van der Waals surface area contributed by atoms with E-state index in [2.05, 4.69) is 21.0 Å². The van der Waals surface area contributed by atoms with Gasteiger partial charge in [-0.05, 0) is 25.1 Å². The van der Waals surface area contributed by atoms with Gasteiger partial charge in [0.05, 0.1) is 17.9 Å². The predicted octanol–water partition coefficient (Wildman–Crippen LogP) is 2.91. The molecule has 0 aliphatic carbocycles. The number of nitrogens with zero attached hydrogens (tertiary/aromatic N) is 2. The number of aliphatic hydroxyl groups excluding tert-OH is 1. The SMILES string of the molecule is Cc1nn(C)c(Oc2ccc(Br)cc2F)c1CO. The zero-order valence-electron chi connectivity index (χ0n) is 9.94. The molecule has 1 aromatic heterocycles. The minimum absolute atomic E-state index is 0.0934. The van der Waals surface area contributed by atoms with E-state index in [1.807, 2.05) is 0 Å².